The van der Waals surface area contributed by atoms with Crippen molar-refractivity contribution in [3.05, 3.63) is 233 Å². The molecule has 7 heterocycles. The fourth-order valence-corrected chi connectivity index (χ4v) is 15.2. The van der Waals surface area contributed by atoms with Gasteiger partial charge in [-0.05, 0) is 145 Å². The quantitative estimate of drug-likeness (QED) is 0.176. The van der Waals surface area contributed by atoms with Gasteiger partial charge in [0.25, 0.3) is 0 Å². The van der Waals surface area contributed by atoms with Gasteiger partial charge in [0.05, 0.1) is 66.8 Å². The number of rotatable bonds is 4. The lowest BCUT2D eigenvalue weighted by Crippen LogP contribution is -2.22. The van der Waals surface area contributed by atoms with Crippen LogP contribution >= 0.6 is 0 Å². The van der Waals surface area contributed by atoms with E-state index in [4.69, 9.17) is 14.4 Å². The zero-order valence-electron chi connectivity index (χ0n) is 58.0. The van der Waals surface area contributed by atoms with Crippen molar-refractivity contribution in [1.29, 1.82) is 5.26 Å². The van der Waals surface area contributed by atoms with E-state index in [9.17, 15) is 5.26 Å². The van der Waals surface area contributed by atoms with Crippen LogP contribution in [0.2, 0.25) is 0 Å². The standard InChI is InChI=1S/C88H82N6O/c1-83(2,3)52-31-36-70-62(43-52)63-45-56-35-40-71(63)92(70)78-77(94-74-39-34-55(86(10,11)12)44-64(74)65-46-57(87(13,14)15)47-67(76(65)94)88(56,16)17)66(49-89)75-59-30-24-29-58(69-48-68(50-25-20-18-21-26-50)90-82(91-69)51-27-22-19-23-28-51)80(59)95-81(75)79(78)93-72-37-32-53(84(4,5)6)41-60(72)61-42-54(85(7,8)9)33-38-73(61)93/h18-48H,1-17H3. The van der Waals surface area contributed by atoms with Gasteiger partial charge in [0, 0.05) is 59.8 Å². The van der Waals surface area contributed by atoms with Gasteiger partial charge in [-0.1, -0.05) is 227 Å². The molecule has 15 aromatic rings. The van der Waals surface area contributed by atoms with Crippen molar-refractivity contribution in [2.45, 2.75) is 150 Å². The lowest BCUT2D eigenvalue weighted by molar-refractivity contribution is 0.584. The van der Waals surface area contributed by atoms with Crippen LogP contribution < -0.4 is 0 Å². The lowest BCUT2D eigenvalue weighted by Gasteiger charge is -2.31. The minimum atomic E-state index is -0.568. The van der Waals surface area contributed by atoms with E-state index in [0.717, 1.165) is 116 Å². The number of furan rings is 1. The molecule has 0 atom stereocenters. The zero-order valence-corrected chi connectivity index (χ0v) is 58.0. The third-order valence-corrected chi connectivity index (χ3v) is 20.9. The molecule has 17 rings (SSSR count). The van der Waals surface area contributed by atoms with Gasteiger partial charge < -0.3 is 18.1 Å². The zero-order chi connectivity index (χ0) is 66.5. The van der Waals surface area contributed by atoms with Gasteiger partial charge in [-0.25, -0.2) is 9.97 Å². The molecule has 2 aliphatic heterocycles. The molecule has 0 N–H and O–H groups in total. The predicted molar refractivity (Wildman–Crippen MR) is 399 cm³/mol. The molecule has 95 heavy (non-hydrogen) atoms. The van der Waals surface area contributed by atoms with E-state index in [1.807, 2.05) is 24.3 Å². The second kappa shape index (κ2) is 20.2. The number of aromatic nitrogens is 5. The average molecular weight is 1240 g/mol. The summed E-state index contributed by atoms with van der Waals surface area (Å²) < 4.78 is 15.6. The molecule has 0 radical (unpaired) electrons. The highest BCUT2D eigenvalue weighted by molar-refractivity contribution is 6.22. The molecule has 7 heteroatoms. The monoisotopic (exact) mass is 1240 g/mol. The first-order valence-corrected chi connectivity index (χ1v) is 33.8. The van der Waals surface area contributed by atoms with Crippen LogP contribution in [-0.4, -0.2) is 23.7 Å². The van der Waals surface area contributed by atoms with Crippen LogP contribution in [0, 0.1) is 11.3 Å². The molecule has 0 fully saturated rings. The van der Waals surface area contributed by atoms with Crippen LogP contribution in [0.3, 0.4) is 0 Å². The van der Waals surface area contributed by atoms with E-state index < -0.39 is 5.41 Å². The van der Waals surface area contributed by atoms with E-state index in [1.54, 1.807) is 0 Å². The fraction of sp³-hybridized carbons (Fsp3) is 0.261. The number of fused-ring (bicyclic) bond motifs is 10. The minimum Gasteiger partial charge on any atom is -0.453 e. The molecular weight excluding hydrogens is 1160 g/mol. The van der Waals surface area contributed by atoms with Gasteiger partial charge in [-0.2, -0.15) is 5.26 Å². The maximum Gasteiger partial charge on any atom is 0.163 e. The molecule has 0 aliphatic carbocycles. The molecule has 0 saturated carbocycles. The molecule has 0 amide bonds. The summed E-state index contributed by atoms with van der Waals surface area (Å²) in [7, 11) is 0. The molecule has 470 valence electrons. The fourth-order valence-electron chi connectivity index (χ4n) is 15.2. The van der Waals surface area contributed by atoms with Crippen molar-refractivity contribution in [2.75, 3.05) is 0 Å². The number of hydrogen-bond donors (Lipinski definition) is 0. The van der Waals surface area contributed by atoms with Crippen molar-refractivity contribution in [3.63, 3.8) is 0 Å². The molecule has 2 aliphatic rings. The number of nitrogens with zero attached hydrogens (tertiary/aromatic N) is 6. The summed E-state index contributed by atoms with van der Waals surface area (Å²) in [6.45, 7) is 39.5. The lowest BCUT2D eigenvalue weighted by atomic mass is 9.74. The molecule has 0 saturated heterocycles. The summed E-state index contributed by atoms with van der Waals surface area (Å²) in [6.07, 6.45) is 0. The molecule has 4 bridgehead atoms. The largest absolute Gasteiger partial charge is 0.453 e. The van der Waals surface area contributed by atoms with Crippen LogP contribution in [0.5, 0.6) is 0 Å². The first-order chi connectivity index (χ1) is 45.0. The summed E-state index contributed by atoms with van der Waals surface area (Å²) in [6, 6.07) is 72.7. The molecule has 10 aromatic carbocycles. The SMILES string of the molecule is CC(C)(C)c1ccc2c(c1)c1cc3ccc1n2-c1c(c(C#N)c2c(oc4c(-c5cc(-c6ccccc6)nc(-c6ccccc6)n5)cccc42)c1-n1c2ccc(C(C)(C)C)cc2c2cc(C(C)(C)C)ccc21)-n1c2ccc(C(C)(C)C)cc2c2cc(C(C)(C)C)cc(c21)C3(C)C. The third-order valence-electron chi connectivity index (χ3n) is 20.9. The first kappa shape index (κ1) is 59.9. The van der Waals surface area contributed by atoms with E-state index in [0.29, 0.717) is 28.2 Å². The Kier molecular flexibility index (Phi) is 12.8. The van der Waals surface area contributed by atoms with Gasteiger partial charge >= 0.3 is 0 Å². The van der Waals surface area contributed by atoms with E-state index in [-0.39, 0.29) is 27.1 Å². The number of hydrogen-bond acceptors (Lipinski definition) is 4. The van der Waals surface area contributed by atoms with E-state index in [1.165, 1.54) is 38.9 Å². The second-order valence-corrected chi connectivity index (χ2v) is 32.7. The Hall–Kier alpha value is -10.0. The highest BCUT2D eigenvalue weighted by Crippen LogP contribution is 2.54. The Bertz CT molecular complexity index is 5690. The highest BCUT2D eigenvalue weighted by atomic mass is 16.3. The summed E-state index contributed by atoms with van der Waals surface area (Å²) >= 11 is 0. The van der Waals surface area contributed by atoms with Crippen molar-refractivity contribution >= 4 is 87.4 Å². The van der Waals surface area contributed by atoms with Gasteiger partial charge in [-0.15, -0.1) is 0 Å². The van der Waals surface area contributed by atoms with Crippen LogP contribution in [0.4, 0.5) is 0 Å². The Balaban J connectivity index is 1.21. The molecule has 0 spiro atoms. The summed E-state index contributed by atoms with van der Waals surface area (Å²) in [4.78, 5) is 10.7. The van der Waals surface area contributed by atoms with E-state index in [2.05, 4.69) is 301 Å². The topological polar surface area (TPSA) is 77.5 Å². The molecule has 0 unspecified atom stereocenters. The van der Waals surface area contributed by atoms with Crippen molar-refractivity contribution in [3.8, 4) is 57.0 Å². The Labute approximate surface area is 557 Å². The van der Waals surface area contributed by atoms with Crippen molar-refractivity contribution in [1.82, 2.24) is 23.7 Å². The third kappa shape index (κ3) is 9.10. The Morgan fingerprint density at radius 3 is 1.33 bits per heavy atom. The summed E-state index contributed by atoms with van der Waals surface area (Å²) in [5.41, 5.74) is 21.8. The second-order valence-electron chi connectivity index (χ2n) is 32.7. The van der Waals surface area contributed by atoms with Gasteiger partial charge in [-0.3, -0.25) is 0 Å². The van der Waals surface area contributed by atoms with Gasteiger partial charge in [0.2, 0.25) is 0 Å². The normalized spacial score (nSPS) is 13.8. The number of para-hydroxylation sites is 1. The van der Waals surface area contributed by atoms with E-state index >= 15 is 0 Å². The molecular formula is C88H82N6O. The average Bonchev–Trinajstić information content (AvgIpc) is 1.53. The van der Waals surface area contributed by atoms with Gasteiger partial charge in [0.15, 0.2) is 11.4 Å². The maximum absolute atomic E-state index is 13.1. The van der Waals surface area contributed by atoms with Crippen molar-refractivity contribution in [2.24, 2.45) is 0 Å². The number of benzene rings is 10. The first-order valence-electron chi connectivity index (χ1n) is 33.8. The Morgan fingerprint density at radius 2 is 0.821 bits per heavy atom. The maximum atomic E-state index is 13.1. The number of nitriles is 1. The summed E-state index contributed by atoms with van der Waals surface area (Å²) in [5, 5.41) is 21.5. The van der Waals surface area contributed by atoms with Gasteiger partial charge in [0.1, 0.15) is 17.3 Å². The summed E-state index contributed by atoms with van der Waals surface area (Å²) in [5.74, 6) is 0.604. The van der Waals surface area contributed by atoms with Crippen LogP contribution in [0.15, 0.2) is 192 Å². The minimum absolute atomic E-state index is 0.150. The highest BCUT2D eigenvalue weighted by Gasteiger charge is 2.39. The molecule has 5 aromatic heterocycles. The van der Waals surface area contributed by atoms with Crippen LogP contribution in [0.25, 0.3) is 138 Å². The Morgan fingerprint density at radius 1 is 0.379 bits per heavy atom. The van der Waals surface area contributed by atoms with Crippen LogP contribution in [-0.2, 0) is 32.5 Å². The molecule has 7 nitrogen and oxygen atoms in total. The van der Waals surface area contributed by atoms with Crippen molar-refractivity contribution < 1.29 is 4.42 Å². The van der Waals surface area contributed by atoms with Crippen LogP contribution in [0.1, 0.15) is 162 Å². The smallest absolute Gasteiger partial charge is 0.163 e. The predicted octanol–water partition coefficient (Wildman–Crippen LogP) is 23.7.